The van der Waals surface area contributed by atoms with Crippen LogP contribution in [0, 0.1) is 0 Å². The van der Waals surface area contributed by atoms with Crippen molar-refractivity contribution in [1.29, 1.82) is 0 Å². The van der Waals surface area contributed by atoms with Gasteiger partial charge in [-0.1, -0.05) is 54.6 Å². The van der Waals surface area contributed by atoms with E-state index in [0.717, 1.165) is 12.2 Å². The van der Waals surface area contributed by atoms with E-state index in [9.17, 15) is 0 Å². The molecular formula is C23H23N2O+. The van der Waals surface area contributed by atoms with Crippen LogP contribution >= 0.6 is 0 Å². The minimum absolute atomic E-state index is 0.251. The van der Waals surface area contributed by atoms with Crippen LogP contribution in [0.15, 0.2) is 78.9 Å². The molecule has 130 valence electrons. The van der Waals surface area contributed by atoms with E-state index in [1.54, 1.807) is 7.11 Å². The number of ether oxygens (including phenoxy) is 1. The zero-order valence-corrected chi connectivity index (χ0v) is 15.1. The number of hydrogen-bond donors (Lipinski definition) is 1. The van der Waals surface area contributed by atoms with Crippen LogP contribution in [0.2, 0.25) is 0 Å². The van der Waals surface area contributed by atoms with Gasteiger partial charge in [-0.3, -0.25) is 0 Å². The Bertz CT molecular complexity index is 1000. The maximum Gasteiger partial charge on any atom is 0.260 e. The van der Waals surface area contributed by atoms with Gasteiger partial charge < -0.3 is 4.74 Å². The van der Waals surface area contributed by atoms with E-state index in [1.165, 1.54) is 28.0 Å². The number of rotatable bonds is 5. The fourth-order valence-electron chi connectivity index (χ4n) is 3.54. The Morgan fingerprint density at radius 1 is 0.885 bits per heavy atom. The molecule has 0 aliphatic heterocycles. The predicted molar refractivity (Wildman–Crippen MR) is 105 cm³/mol. The van der Waals surface area contributed by atoms with Crippen LogP contribution in [0.5, 0.6) is 5.75 Å². The third-order valence-corrected chi connectivity index (χ3v) is 4.93. The SMILES string of the molecule is COc1ccc(Cc2[nH]c3ccccc3[n+]2C(C)c2ccccc2)cc1. The molecule has 0 aliphatic carbocycles. The number of aromatic nitrogens is 2. The highest BCUT2D eigenvalue weighted by Crippen LogP contribution is 2.20. The van der Waals surface area contributed by atoms with Crippen molar-refractivity contribution in [1.82, 2.24) is 4.98 Å². The first kappa shape index (κ1) is 16.4. The van der Waals surface area contributed by atoms with Gasteiger partial charge in [0.25, 0.3) is 5.82 Å². The van der Waals surface area contributed by atoms with Gasteiger partial charge in [-0.05, 0) is 42.3 Å². The number of H-pyrrole nitrogens is 1. The number of benzene rings is 3. The number of hydrogen-bond acceptors (Lipinski definition) is 1. The number of aromatic amines is 1. The van der Waals surface area contributed by atoms with E-state index in [2.05, 4.69) is 83.2 Å². The second-order valence-electron chi connectivity index (χ2n) is 6.57. The normalized spacial score (nSPS) is 12.2. The Balaban J connectivity index is 1.78. The lowest BCUT2D eigenvalue weighted by molar-refractivity contribution is -0.692. The first-order valence-corrected chi connectivity index (χ1v) is 8.95. The van der Waals surface area contributed by atoms with Gasteiger partial charge in [0.1, 0.15) is 11.8 Å². The Morgan fingerprint density at radius 3 is 2.31 bits per heavy atom. The Kier molecular flexibility index (Phi) is 4.44. The lowest BCUT2D eigenvalue weighted by Gasteiger charge is -2.12. The minimum Gasteiger partial charge on any atom is -0.497 e. The van der Waals surface area contributed by atoms with E-state index >= 15 is 0 Å². The summed E-state index contributed by atoms with van der Waals surface area (Å²) in [7, 11) is 1.70. The van der Waals surface area contributed by atoms with Gasteiger partial charge in [-0.25, -0.2) is 9.55 Å². The fourth-order valence-corrected chi connectivity index (χ4v) is 3.54. The fraction of sp³-hybridized carbons (Fsp3) is 0.174. The van der Waals surface area contributed by atoms with E-state index in [-0.39, 0.29) is 6.04 Å². The number of nitrogens with zero attached hydrogens (tertiary/aromatic N) is 1. The lowest BCUT2D eigenvalue weighted by Crippen LogP contribution is -2.41. The number of imidazole rings is 1. The highest BCUT2D eigenvalue weighted by atomic mass is 16.5. The topological polar surface area (TPSA) is 28.9 Å². The first-order chi connectivity index (χ1) is 12.8. The number of para-hydroxylation sites is 2. The van der Waals surface area contributed by atoms with Gasteiger partial charge in [-0.15, -0.1) is 0 Å². The Labute approximate surface area is 153 Å². The van der Waals surface area contributed by atoms with Crippen LogP contribution in [0.25, 0.3) is 11.0 Å². The number of nitrogens with one attached hydrogen (secondary N) is 1. The van der Waals surface area contributed by atoms with Crippen molar-refractivity contribution < 1.29 is 9.30 Å². The number of methoxy groups -OCH3 is 1. The molecule has 1 aromatic heterocycles. The van der Waals surface area contributed by atoms with E-state index in [0.29, 0.717) is 0 Å². The van der Waals surface area contributed by atoms with Crippen molar-refractivity contribution in [3.05, 3.63) is 95.8 Å². The molecule has 0 saturated carbocycles. The monoisotopic (exact) mass is 343 g/mol. The zero-order chi connectivity index (χ0) is 17.9. The van der Waals surface area contributed by atoms with Gasteiger partial charge in [0.2, 0.25) is 0 Å². The molecule has 0 aliphatic rings. The largest absolute Gasteiger partial charge is 0.497 e. The highest BCUT2D eigenvalue weighted by molar-refractivity contribution is 5.71. The molecule has 1 unspecified atom stereocenters. The smallest absolute Gasteiger partial charge is 0.260 e. The maximum atomic E-state index is 5.27. The molecule has 0 bridgehead atoms. The van der Waals surface area contributed by atoms with Gasteiger partial charge in [0.05, 0.1) is 13.5 Å². The summed E-state index contributed by atoms with van der Waals surface area (Å²) in [5.41, 5.74) is 4.95. The van der Waals surface area contributed by atoms with Crippen LogP contribution < -0.4 is 9.30 Å². The van der Waals surface area contributed by atoms with Crippen LogP contribution in [0.1, 0.15) is 29.9 Å². The molecule has 26 heavy (non-hydrogen) atoms. The summed E-state index contributed by atoms with van der Waals surface area (Å²) >= 11 is 0. The summed E-state index contributed by atoms with van der Waals surface area (Å²) in [6.07, 6.45) is 0.843. The Hall–Kier alpha value is -3.07. The molecule has 3 heteroatoms. The predicted octanol–water partition coefficient (Wildman–Crippen LogP) is 4.66. The summed E-state index contributed by atoms with van der Waals surface area (Å²) < 4.78 is 7.69. The van der Waals surface area contributed by atoms with E-state index in [1.807, 2.05) is 12.1 Å². The second-order valence-corrected chi connectivity index (χ2v) is 6.57. The van der Waals surface area contributed by atoms with Crippen LogP contribution in [-0.2, 0) is 6.42 Å². The summed E-state index contributed by atoms with van der Waals surface area (Å²) in [6, 6.07) is 27.7. The zero-order valence-electron chi connectivity index (χ0n) is 15.1. The third-order valence-electron chi connectivity index (χ3n) is 4.93. The van der Waals surface area contributed by atoms with Gasteiger partial charge >= 0.3 is 0 Å². The van der Waals surface area contributed by atoms with Crippen molar-refractivity contribution in [2.24, 2.45) is 0 Å². The van der Waals surface area contributed by atoms with Crippen molar-refractivity contribution >= 4 is 11.0 Å². The highest BCUT2D eigenvalue weighted by Gasteiger charge is 2.24. The molecule has 3 nitrogen and oxygen atoms in total. The summed E-state index contributed by atoms with van der Waals surface area (Å²) in [4.78, 5) is 3.62. The molecule has 0 spiro atoms. The maximum absolute atomic E-state index is 5.27. The summed E-state index contributed by atoms with van der Waals surface area (Å²) in [5.74, 6) is 2.09. The molecule has 3 aromatic carbocycles. The van der Waals surface area contributed by atoms with Crippen LogP contribution in [0.3, 0.4) is 0 Å². The molecule has 1 atom stereocenters. The average Bonchev–Trinajstić information content (AvgIpc) is 3.06. The summed E-state index contributed by atoms with van der Waals surface area (Å²) in [6.45, 7) is 2.26. The molecule has 0 amide bonds. The third kappa shape index (κ3) is 3.08. The second kappa shape index (κ2) is 7.04. The van der Waals surface area contributed by atoms with Crippen molar-refractivity contribution in [3.8, 4) is 5.75 Å². The molecular weight excluding hydrogens is 320 g/mol. The Morgan fingerprint density at radius 2 is 1.58 bits per heavy atom. The molecule has 1 N–H and O–H groups in total. The quantitative estimate of drug-likeness (QED) is 0.525. The first-order valence-electron chi connectivity index (χ1n) is 8.95. The molecule has 1 heterocycles. The van der Waals surface area contributed by atoms with Gasteiger partial charge in [0, 0.05) is 0 Å². The minimum atomic E-state index is 0.251. The number of fused-ring (bicyclic) bond motifs is 1. The van der Waals surface area contributed by atoms with E-state index < -0.39 is 0 Å². The standard InChI is InChI=1S/C23H22N2O/c1-17(19-8-4-3-5-9-19)25-22-11-7-6-10-21(22)24-23(25)16-18-12-14-20(26-2)15-13-18/h3-15,17H,16H2,1-2H3/p+1. The molecule has 0 fully saturated rings. The van der Waals surface area contributed by atoms with Crippen molar-refractivity contribution in [2.75, 3.05) is 7.11 Å². The van der Waals surface area contributed by atoms with Gasteiger partial charge in [-0.2, -0.15) is 0 Å². The van der Waals surface area contributed by atoms with Gasteiger partial charge in [0.15, 0.2) is 11.0 Å². The van der Waals surface area contributed by atoms with Crippen LogP contribution in [0.4, 0.5) is 0 Å². The van der Waals surface area contributed by atoms with Crippen molar-refractivity contribution in [3.63, 3.8) is 0 Å². The summed E-state index contributed by atoms with van der Waals surface area (Å²) in [5, 5.41) is 0. The molecule has 4 aromatic rings. The van der Waals surface area contributed by atoms with Crippen LogP contribution in [-0.4, -0.2) is 12.1 Å². The van der Waals surface area contributed by atoms with Crippen molar-refractivity contribution in [2.45, 2.75) is 19.4 Å². The molecule has 0 radical (unpaired) electrons. The lowest BCUT2D eigenvalue weighted by atomic mass is 10.1. The average molecular weight is 343 g/mol. The molecule has 4 rings (SSSR count). The molecule has 0 saturated heterocycles. The van der Waals surface area contributed by atoms with E-state index in [4.69, 9.17) is 4.74 Å².